The van der Waals surface area contributed by atoms with Crippen molar-refractivity contribution < 1.29 is 4.74 Å². The molecule has 2 nitrogen and oxygen atoms in total. The Hall–Kier alpha value is -1.05. The largest absolute Gasteiger partial charge is 0.491 e. The van der Waals surface area contributed by atoms with Crippen LogP contribution in [0, 0.1) is 6.07 Å². The first-order valence-electron chi connectivity index (χ1n) is 4.36. The van der Waals surface area contributed by atoms with Gasteiger partial charge in [-0.05, 0) is 18.9 Å². The minimum absolute atomic E-state index is 0.745. The Balaban J connectivity index is 2.68. The highest BCUT2D eigenvalue weighted by Gasteiger charge is 2.00. The minimum Gasteiger partial charge on any atom is -0.491 e. The summed E-state index contributed by atoms with van der Waals surface area (Å²) in [6, 6.07) is 4.82. The summed E-state index contributed by atoms with van der Waals surface area (Å²) in [5.41, 5.74) is 0.992. The fourth-order valence-electron chi connectivity index (χ4n) is 0.963. The molecular formula is C10H14NO. The number of hydrogen-bond acceptors (Lipinski definition) is 2. The Bertz CT molecular complexity index is 235. The first kappa shape index (κ1) is 9.04. The lowest BCUT2D eigenvalue weighted by molar-refractivity contribution is 0.312. The molecule has 0 saturated carbocycles. The molecule has 1 rings (SSSR count). The van der Waals surface area contributed by atoms with E-state index in [0.717, 1.165) is 30.9 Å². The van der Waals surface area contributed by atoms with Crippen molar-refractivity contribution in [3.05, 3.63) is 24.0 Å². The van der Waals surface area contributed by atoms with Gasteiger partial charge in [0.25, 0.3) is 0 Å². The van der Waals surface area contributed by atoms with Crippen molar-refractivity contribution in [2.45, 2.75) is 26.7 Å². The van der Waals surface area contributed by atoms with E-state index in [2.05, 4.69) is 24.9 Å². The molecule has 0 fully saturated rings. The summed E-state index contributed by atoms with van der Waals surface area (Å²) in [5.74, 6) is 0.807. The molecule has 1 radical (unpaired) electrons. The van der Waals surface area contributed by atoms with Crippen molar-refractivity contribution in [1.29, 1.82) is 0 Å². The van der Waals surface area contributed by atoms with Crippen molar-refractivity contribution in [3.8, 4) is 5.75 Å². The topological polar surface area (TPSA) is 22.1 Å². The summed E-state index contributed by atoms with van der Waals surface area (Å²) in [4.78, 5) is 4.19. The predicted molar refractivity (Wildman–Crippen MR) is 48.2 cm³/mol. The van der Waals surface area contributed by atoms with Crippen LogP contribution in [0.1, 0.15) is 26.0 Å². The van der Waals surface area contributed by atoms with E-state index in [0.29, 0.717) is 0 Å². The van der Waals surface area contributed by atoms with E-state index in [-0.39, 0.29) is 0 Å². The number of aryl methyl sites for hydroxylation is 1. The average molecular weight is 164 g/mol. The molecule has 12 heavy (non-hydrogen) atoms. The SMILES string of the molecule is CCCOc1[c]ccnc1CC. The Labute approximate surface area is 73.6 Å². The Kier molecular flexibility index (Phi) is 3.58. The number of aromatic nitrogens is 1. The van der Waals surface area contributed by atoms with Crippen LogP contribution in [0.3, 0.4) is 0 Å². The van der Waals surface area contributed by atoms with Crippen LogP contribution >= 0.6 is 0 Å². The van der Waals surface area contributed by atoms with Gasteiger partial charge in [-0.3, -0.25) is 4.98 Å². The quantitative estimate of drug-likeness (QED) is 0.680. The Morgan fingerprint density at radius 1 is 1.50 bits per heavy atom. The number of rotatable bonds is 4. The van der Waals surface area contributed by atoms with Crippen molar-refractivity contribution in [1.82, 2.24) is 4.98 Å². The highest BCUT2D eigenvalue weighted by Crippen LogP contribution is 2.14. The smallest absolute Gasteiger partial charge is 0.148 e. The second kappa shape index (κ2) is 4.75. The lowest BCUT2D eigenvalue weighted by Crippen LogP contribution is -1.99. The highest BCUT2D eigenvalue weighted by molar-refractivity contribution is 5.25. The van der Waals surface area contributed by atoms with Gasteiger partial charge in [-0.2, -0.15) is 0 Å². The zero-order chi connectivity index (χ0) is 8.81. The zero-order valence-corrected chi connectivity index (χ0v) is 7.63. The van der Waals surface area contributed by atoms with Crippen LogP contribution in [-0.2, 0) is 6.42 Å². The van der Waals surface area contributed by atoms with Crippen LogP contribution in [0.2, 0.25) is 0 Å². The fourth-order valence-corrected chi connectivity index (χ4v) is 0.963. The van der Waals surface area contributed by atoms with Gasteiger partial charge in [0, 0.05) is 12.3 Å². The third-order valence-electron chi connectivity index (χ3n) is 1.57. The first-order chi connectivity index (χ1) is 5.88. The maximum Gasteiger partial charge on any atom is 0.148 e. The lowest BCUT2D eigenvalue weighted by atomic mass is 10.3. The Morgan fingerprint density at radius 2 is 2.33 bits per heavy atom. The van der Waals surface area contributed by atoms with Crippen molar-refractivity contribution >= 4 is 0 Å². The molecule has 0 aliphatic carbocycles. The van der Waals surface area contributed by atoms with Crippen LogP contribution in [0.25, 0.3) is 0 Å². The van der Waals surface area contributed by atoms with Gasteiger partial charge in [0.1, 0.15) is 5.75 Å². The predicted octanol–water partition coefficient (Wildman–Crippen LogP) is 2.23. The molecule has 0 unspecified atom stereocenters. The van der Waals surface area contributed by atoms with E-state index in [1.165, 1.54) is 0 Å². The zero-order valence-electron chi connectivity index (χ0n) is 7.63. The van der Waals surface area contributed by atoms with E-state index < -0.39 is 0 Å². The van der Waals surface area contributed by atoms with E-state index >= 15 is 0 Å². The molecule has 0 bridgehead atoms. The number of pyridine rings is 1. The molecule has 65 valence electrons. The van der Waals surface area contributed by atoms with Crippen LogP contribution in [-0.4, -0.2) is 11.6 Å². The normalized spacial score (nSPS) is 9.83. The van der Waals surface area contributed by atoms with Crippen LogP contribution in [0.4, 0.5) is 0 Å². The summed E-state index contributed by atoms with van der Waals surface area (Å²) in [5, 5.41) is 0. The van der Waals surface area contributed by atoms with Gasteiger partial charge in [0.15, 0.2) is 0 Å². The van der Waals surface area contributed by atoms with E-state index in [9.17, 15) is 0 Å². The van der Waals surface area contributed by atoms with Crippen LogP contribution in [0.15, 0.2) is 12.3 Å². The third-order valence-corrected chi connectivity index (χ3v) is 1.57. The summed E-state index contributed by atoms with van der Waals surface area (Å²) in [6.07, 6.45) is 3.67. The summed E-state index contributed by atoms with van der Waals surface area (Å²) < 4.78 is 5.46. The molecule has 1 aromatic rings. The molecule has 0 aliphatic rings. The Morgan fingerprint density at radius 3 is 3.00 bits per heavy atom. The second-order valence-electron chi connectivity index (χ2n) is 2.57. The van der Waals surface area contributed by atoms with Crippen LogP contribution < -0.4 is 4.74 Å². The molecule has 0 aliphatic heterocycles. The van der Waals surface area contributed by atoms with E-state index in [1.807, 2.05) is 0 Å². The second-order valence-corrected chi connectivity index (χ2v) is 2.57. The molecule has 0 amide bonds. The lowest BCUT2D eigenvalue weighted by Gasteiger charge is -2.06. The molecule has 0 spiro atoms. The fraction of sp³-hybridized carbons (Fsp3) is 0.500. The molecule has 0 saturated heterocycles. The average Bonchev–Trinajstić information content (AvgIpc) is 2.15. The van der Waals surface area contributed by atoms with Crippen molar-refractivity contribution in [2.75, 3.05) is 6.61 Å². The van der Waals surface area contributed by atoms with E-state index in [4.69, 9.17) is 4.74 Å². The minimum atomic E-state index is 0.745. The molecule has 0 atom stereocenters. The molecule has 0 aromatic carbocycles. The van der Waals surface area contributed by atoms with Gasteiger partial charge in [-0.1, -0.05) is 13.8 Å². The van der Waals surface area contributed by atoms with Gasteiger partial charge in [-0.15, -0.1) is 0 Å². The van der Waals surface area contributed by atoms with Gasteiger partial charge in [0.05, 0.1) is 12.3 Å². The molecule has 1 heterocycles. The van der Waals surface area contributed by atoms with Gasteiger partial charge >= 0.3 is 0 Å². The highest BCUT2D eigenvalue weighted by atomic mass is 16.5. The van der Waals surface area contributed by atoms with Gasteiger partial charge < -0.3 is 4.74 Å². The van der Waals surface area contributed by atoms with Gasteiger partial charge in [0.2, 0.25) is 0 Å². The summed E-state index contributed by atoms with van der Waals surface area (Å²) >= 11 is 0. The number of ether oxygens (including phenoxy) is 1. The molecule has 1 aromatic heterocycles. The standard InChI is InChI=1S/C10H14NO/c1-3-8-12-10-6-5-7-11-9(10)4-2/h5,7H,3-4,8H2,1-2H3. The van der Waals surface area contributed by atoms with Crippen molar-refractivity contribution in [2.24, 2.45) is 0 Å². The molecule has 2 heteroatoms. The van der Waals surface area contributed by atoms with Crippen molar-refractivity contribution in [3.63, 3.8) is 0 Å². The summed E-state index contributed by atoms with van der Waals surface area (Å²) in [7, 11) is 0. The maximum atomic E-state index is 5.46. The van der Waals surface area contributed by atoms with Crippen LogP contribution in [0.5, 0.6) is 5.75 Å². The monoisotopic (exact) mass is 164 g/mol. The number of nitrogens with zero attached hydrogens (tertiary/aromatic N) is 1. The molecular weight excluding hydrogens is 150 g/mol. The van der Waals surface area contributed by atoms with E-state index in [1.54, 1.807) is 12.3 Å². The summed E-state index contributed by atoms with van der Waals surface area (Å²) in [6.45, 7) is 4.90. The first-order valence-corrected chi connectivity index (χ1v) is 4.36. The number of hydrogen-bond donors (Lipinski definition) is 0. The maximum absolute atomic E-state index is 5.46. The molecule has 0 N–H and O–H groups in total. The van der Waals surface area contributed by atoms with Gasteiger partial charge in [-0.25, -0.2) is 0 Å². The third kappa shape index (κ3) is 2.22.